The second-order valence-corrected chi connectivity index (χ2v) is 5.69. The van der Waals surface area contributed by atoms with E-state index in [9.17, 15) is 5.11 Å². The lowest BCUT2D eigenvalue weighted by Crippen LogP contribution is -2.27. The lowest BCUT2D eigenvalue weighted by atomic mass is 10.2. The Morgan fingerprint density at radius 3 is 3.00 bits per heavy atom. The first kappa shape index (κ1) is 14.8. The minimum atomic E-state index is 0.281. The van der Waals surface area contributed by atoms with Crippen molar-refractivity contribution in [1.82, 2.24) is 25.5 Å². The van der Waals surface area contributed by atoms with Crippen LogP contribution in [0, 0.1) is 0 Å². The average Bonchev–Trinajstić information content (AvgIpc) is 2.84. The molecule has 108 valence electrons. The molecule has 1 aromatic carbocycles. The van der Waals surface area contributed by atoms with Gasteiger partial charge in [-0.05, 0) is 28.1 Å². The third-order valence-electron chi connectivity index (χ3n) is 2.65. The van der Waals surface area contributed by atoms with E-state index < -0.39 is 0 Å². The van der Waals surface area contributed by atoms with Crippen LogP contribution in [0.25, 0.3) is 0 Å². The van der Waals surface area contributed by atoms with Gasteiger partial charge in [-0.2, -0.15) is 0 Å². The molecule has 6 nitrogen and oxygen atoms in total. The molecule has 0 aliphatic rings. The summed E-state index contributed by atoms with van der Waals surface area (Å²) in [7, 11) is 0. The van der Waals surface area contributed by atoms with E-state index in [2.05, 4.69) is 34.7 Å². The van der Waals surface area contributed by atoms with Crippen LogP contribution in [0.1, 0.15) is 19.4 Å². The van der Waals surface area contributed by atoms with E-state index in [0.717, 1.165) is 29.6 Å². The molecular weight excluding hydrogens is 274 g/mol. The maximum atomic E-state index is 9.43. The van der Waals surface area contributed by atoms with Crippen molar-refractivity contribution in [2.75, 3.05) is 6.54 Å². The van der Waals surface area contributed by atoms with Crippen molar-refractivity contribution in [1.29, 1.82) is 0 Å². The van der Waals surface area contributed by atoms with Gasteiger partial charge in [0.15, 0.2) is 0 Å². The summed E-state index contributed by atoms with van der Waals surface area (Å²) in [5, 5.41) is 25.3. The number of aromatic nitrogens is 4. The number of aromatic hydroxyl groups is 1. The maximum absolute atomic E-state index is 9.43. The Balaban J connectivity index is 1.88. The fourth-order valence-electron chi connectivity index (χ4n) is 1.69. The highest BCUT2D eigenvalue weighted by atomic mass is 32.2. The summed E-state index contributed by atoms with van der Waals surface area (Å²) in [5.74, 6) is 1.01. The van der Waals surface area contributed by atoms with E-state index in [-0.39, 0.29) is 5.75 Å². The van der Waals surface area contributed by atoms with Crippen LogP contribution in [0.15, 0.2) is 29.4 Å². The number of thioether (sulfide) groups is 1. The van der Waals surface area contributed by atoms with Crippen LogP contribution in [0.4, 0.5) is 0 Å². The van der Waals surface area contributed by atoms with E-state index in [1.165, 1.54) is 0 Å². The monoisotopic (exact) mass is 293 g/mol. The minimum Gasteiger partial charge on any atom is -0.508 e. The Labute approximate surface area is 122 Å². The molecule has 0 aliphatic heterocycles. The third kappa shape index (κ3) is 4.50. The Morgan fingerprint density at radius 2 is 2.25 bits per heavy atom. The topological polar surface area (TPSA) is 75.9 Å². The van der Waals surface area contributed by atoms with Crippen molar-refractivity contribution in [3.8, 4) is 5.75 Å². The van der Waals surface area contributed by atoms with Crippen LogP contribution in [0.5, 0.6) is 5.75 Å². The second-order valence-electron chi connectivity index (χ2n) is 4.75. The number of phenolic OH excluding ortho intramolecular Hbond substituents is 1. The van der Waals surface area contributed by atoms with E-state index in [1.54, 1.807) is 28.6 Å². The van der Waals surface area contributed by atoms with Gasteiger partial charge in [-0.3, -0.25) is 0 Å². The van der Waals surface area contributed by atoms with Gasteiger partial charge < -0.3 is 10.4 Å². The number of nitrogens with zero attached hydrogens (tertiary/aromatic N) is 4. The summed E-state index contributed by atoms with van der Waals surface area (Å²) in [4.78, 5) is 0. The Morgan fingerprint density at radius 1 is 1.40 bits per heavy atom. The van der Waals surface area contributed by atoms with Crippen molar-refractivity contribution in [3.05, 3.63) is 29.8 Å². The average molecular weight is 293 g/mol. The van der Waals surface area contributed by atoms with Gasteiger partial charge in [0.1, 0.15) is 5.75 Å². The molecular formula is C13H19N5OS. The fourth-order valence-corrected chi connectivity index (χ4v) is 2.54. The number of tetrazole rings is 1. The van der Waals surface area contributed by atoms with Crippen molar-refractivity contribution < 1.29 is 5.11 Å². The number of benzene rings is 1. The molecule has 0 atom stereocenters. The van der Waals surface area contributed by atoms with Crippen molar-refractivity contribution in [2.24, 2.45) is 0 Å². The lowest BCUT2D eigenvalue weighted by Gasteiger charge is -2.08. The van der Waals surface area contributed by atoms with Gasteiger partial charge in [0.05, 0.1) is 6.54 Å². The molecule has 1 heterocycles. The SMILES string of the molecule is CC(C)NCCn1nnnc1SCc1cccc(O)c1. The molecule has 2 N–H and O–H groups in total. The van der Waals surface area contributed by atoms with Gasteiger partial charge in [-0.15, -0.1) is 5.10 Å². The zero-order valence-electron chi connectivity index (χ0n) is 11.7. The summed E-state index contributed by atoms with van der Waals surface area (Å²) in [6.07, 6.45) is 0. The summed E-state index contributed by atoms with van der Waals surface area (Å²) in [5.41, 5.74) is 1.05. The van der Waals surface area contributed by atoms with E-state index in [1.807, 2.05) is 12.1 Å². The van der Waals surface area contributed by atoms with Crippen LogP contribution < -0.4 is 5.32 Å². The molecule has 2 rings (SSSR count). The Kier molecular flexibility index (Phi) is 5.37. The maximum Gasteiger partial charge on any atom is 0.209 e. The minimum absolute atomic E-state index is 0.281. The van der Waals surface area contributed by atoms with Crippen LogP contribution in [-0.4, -0.2) is 37.9 Å². The highest BCUT2D eigenvalue weighted by Crippen LogP contribution is 2.21. The molecule has 7 heteroatoms. The van der Waals surface area contributed by atoms with Gasteiger partial charge in [0, 0.05) is 18.3 Å². The zero-order valence-corrected chi connectivity index (χ0v) is 12.5. The number of nitrogens with one attached hydrogen (secondary N) is 1. The molecule has 2 aromatic rings. The summed E-state index contributed by atoms with van der Waals surface area (Å²) >= 11 is 1.56. The largest absolute Gasteiger partial charge is 0.508 e. The highest BCUT2D eigenvalue weighted by molar-refractivity contribution is 7.98. The van der Waals surface area contributed by atoms with Crippen molar-refractivity contribution in [2.45, 2.75) is 37.3 Å². The number of phenols is 1. The number of rotatable bonds is 7. The van der Waals surface area contributed by atoms with E-state index in [0.29, 0.717) is 6.04 Å². The molecule has 0 saturated heterocycles. The Bertz CT molecular complexity index is 543. The smallest absolute Gasteiger partial charge is 0.209 e. The molecule has 1 aromatic heterocycles. The van der Waals surface area contributed by atoms with Crippen LogP contribution in [-0.2, 0) is 12.3 Å². The van der Waals surface area contributed by atoms with E-state index >= 15 is 0 Å². The lowest BCUT2D eigenvalue weighted by molar-refractivity contribution is 0.475. The summed E-state index contributed by atoms with van der Waals surface area (Å²) < 4.78 is 1.79. The van der Waals surface area contributed by atoms with Gasteiger partial charge in [0.2, 0.25) is 5.16 Å². The van der Waals surface area contributed by atoms with E-state index in [4.69, 9.17) is 0 Å². The summed E-state index contributed by atoms with van der Waals surface area (Å²) in [6, 6.07) is 7.68. The molecule has 0 aliphatic carbocycles. The van der Waals surface area contributed by atoms with Gasteiger partial charge in [-0.1, -0.05) is 37.7 Å². The standard InChI is InChI=1S/C13H19N5OS/c1-10(2)14-6-7-18-13(15-16-17-18)20-9-11-4-3-5-12(19)8-11/h3-5,8,10,14,19H,6-7,9H2,1-2H3. The number of hydrogen-bond donors (Lipinski definition) is 2. The predicted octanol–water partition coefficient (Wildman–Crippen LogP) is 1.67. The molecule has 20 heavy (non-hydrogen) atoms. The first-order valence-electron chi connectivity index (χ1n) is 6.55. The van der Waals surface area contributed by atoms with Crippen molar-refractivity contribution in [3.63, 3.8) is 0 Å². The summed E-state index contributed by atoms with van der Waals surface area (Å²) in [6.45, 7) is 5.80. The van der Waals surface area contributed by atoms with Crippen LogP contribution >= 0.6 is 11.8 Å². The first-order chi connectivity index (χ1) is 9.65. The van der Waals surface area contributed by atoms with Crippen LogP contribution in [0.3, 0.4) is 0 Å². The van der Waals surface area contributed by atoms with Gasteiger partial charge in [0.25, 0.3) is 0 Å². The van der Waals surface area contributed by atoms with Crippen molar-refractivity contribution >= 4 is 11.8 Å². The molecule has 0 bridgehead atoms. The molecule has 0 spiro atoms. The normalized spacial score (nSPS) is 11.2. The molecule has 0 amide bonds. The van der Waals surface area contributed by atoms with Gasteiger partial charge >= 0.3 is 0 Å². The Hall–Kier alpha value is -1.60. The van der Waals surface area contributed by atoms with Crippen LogP contribution in [0.2, 0.25) is 0 Å². The molecule has 0 saturated carbocycles. The molecule has 0 fully saturated rings. The second kappa shape index (κ2) is 7.25. The fraction of sp³-hybridized carbons (Fsp3) is 0.462. The quantitative estimate of drug-likeness (QED) is 0.756. The molecule has 0 radical (unpaired) electrons. The molecule has 0 unspecified atom stereocenters. The third-order valence-corrected chi connectivity index (χ3v) is 3.68. The predicted molar refractivity (Wildman–Crippen MR) is 78.6 cm³/mol. The zero-order chi connectivity index (χ0) is 14.4. The van der Waals surface area contributed by atoms with Gasteiger partial charge in [-0.25, -0.2) is 4.68 Å². The first-order valence-corrected chi connectivity index (χ1v) is 7.54. The highest BCUT2D eigenvalue weighted by Gasteiger charge is 2.07. The number of hydrogen-bond acceptors (Lipinski definition) is 6.